The summed E-state index contributed by atoms with van der Waals surface area (Å²) in [5.74, 6) is 0.603. The highest BCUT2D eigenvalue weighted by Crippen LogP contribution is 2.51. The summed E-state index contributed by atoms with van der Waals surface area (Å²) in [4.78, 5) is 30.4. The number of aryl methyl sites for hydroxylation is 1. The van der Waals surface area contributed by atoms with Gasteiger partial charge in [-0.25, -0.2) is 0 Å². The Labute approximate surface area is 211 Å². The van der Waals surface area contributed by atoms with Crippen LogP contribution < -0.4 is 9.64 Å². The molecule has 1 aromatic carbocycles. The van der Waals surface area contributed by atoms with Gasteiger partial charge in [0.25, 0.3) is 0 Å². The maximum absolute atomic E-state index is 13.8. The van der Waals surface area contributed by atoms with Gasteiger partial charge in [0.05, 0.1) is 12.2 Å². The van der Waals surface area contributed by atoms with Crippen molar-refractivity contribution in [2.45, 2.75) is 78.1 Å². The highest BCUT2D eigenvalue weighted by Gasteiger charge is 2.45. The minimum absolute atomic E-state index is 0.0268. The summed E-state index contributed by atoms with van der Waals surface area (Å²) in [5, 5.41) is 10.9. The van der Waals surface area contributed by atoms with E-state index in [2.05, 4.69) is 19.9 Å². The largest absolute Gasteiger partial charge is 0.494 e. The molecule has 0 saturated heterocycles. The highest BCUT2D eigenvalue weighted by atomic mass is 32.1. The first-order chi connectivity index (χ1) is 16.8. The Kier molecular flexibility index (Phi) is 6.31. The van der Waals surface area contributed by atoms with Crippen LogP contribution in [0.5, 0.6) is 5.75 Å². The molecule has 182 valence electrons. The van der Waals surface area contributed by atoms with Gasteiger partial charge in [-0.2, -0.15) is 5.26 Å². The number of fused-ring (bicyclic) bond motifs is 1. The van der Waals surface area contributed by atoms with Gasteiger partial charge in [-0.05, 0) is 67.7 Å². The normalized spacial score (nSPS) is 21.8. The molecule has 0 radical (unpaired) electrons. The molecule has 1 aromatic heterocycles. The van der Waals surface area contributed by atoms with Crippen LogP contribution in [0.4, 0.5) is 5.00 Å². The second kappa shape index (κ2) is 9.28. The number of thiophene rings is 1. The molecule has 0 bridgehead atoms. The number of amides is 1. The fourth-order valence-corrected chi connectivity index (χ4v) is 7.28. The SMILES string of the molecule is CCOc1ccc([C@@H]2CC(=O)N(c3sc4c(c3C#N)CCCCC4)C3=C2C(=O)CC(C)(C)C3)cc1. The Morgan fingerprint density at radius 3 is 2.57 bits per heavy atom. The van der Waals surface area contributed by atoms with E-state index in [1.165, 1.54) is 11.3 Å². The van der Waals surface area contributed by atoms with E-state index in [0.717, 1.165) is 58.8 Å². The van der Waals surface area contributed by atoms with Crippen molar-refractivity contribution in [3.63, 3.8) is 0 Å². The molecule has 1 amide bonds. The first-order valence-electron chi connectivity index (χ1n) is 12.7. The number of allylic oxidation sites excluding steroid dienone is 2. The predicted molar refractivity (Wildman–Crippen MR) is 138 cm³/mol. The number of nitriles is 1. The molecule has 2 aliphatic carbocycles. The van der Waals surface area contributed by atoms with E-state index >= 15 is 0 Å². The molecule has 0 fully saturated rings. The lowest BCUT2D eigenvalue weighted by Gasteiger charge is -2.42. The maximum Gasteiger partial charge on any atom is 0.232 e. The van der Waals surface area contributed by atoms with E-state index < -0.39 is 0 Å². The Hall–Kier alpha value is -2.91. The van der Waals surface area contributed by atoms with Crippen LogP contribution in [0.15, 0.2) is 35.5 Å². The lowest BCUT2D eigenvalue weighted by Crippen LogP contribution is -2.43. The Bertz CT molecular complexity index is 1250. The van der Waals surface area contributed by atoms with Gasteiger partial charge in [-0.1, -0.05) is 32.4 Å². The number of ether oxygens (including phenoxy) is 1. The van der Waals surface area contributed by atoms with Crippen LogP contribution in [0.25, 0.3) is 0 Å². The Morgan fingerprint density at radius 1 is 1.11 bits per heavy atom. The van der Waals surface area contributed by atoms with Crippen molar-refractivity contribution >= 4 is 28.0 Å². The molecule has 0 N–H and O–H groups in total. The highest BCUT2D eigenvalue weighted by molar-refractivity contribution is 7.16. The van der Waals surface area contributed by atoms with Crippen molar-refractivity contribution in [3.05, 3.63) is 57.1 Å². The van der Waals surface area contributed by atoms with Gasteiger partial charge in [-0.3, -0.25) is 14.5 Å². The third-order valence-corrected chi connectivity index (χ3v) is 8.73. The predicted octanol–water partition coefficient (Wildman–Crippen LogP) is 6.45. The van der Waals surface area contributed by atoms with Crippen molar-refractivity contribution in [3.8, 4) is 11.8 Å². The first-order valence-corrected chi connectivity index (χ1v) is 13.5. The molecule has 0 unspecified atom stereocenters. The zero-order chi connectivity index (χ0) is 24.7. The second-order valence-corrected chi connectivity index (χ2v) is 11.7. The van der Waals surface area contributed by atoms with E-state index in [4.69, 9.17) is 4.74 Å². The van der Waals surface area contributed by atoms with Gasteiger partial charge in [0.1, 0.15) is 16.8 Å². The molecule has 1 aliphatic heterocycles. The summed E-state index contributed by atoms with van der Waals surface area (Å²) in [5.41, 5.74) is 4.04. The number of carbonyl (C=O) groups is 2. The number of nitrogens with zero attached hydrogens (tertiary/aromatic N) is 2. The minimum Gasteiger partial charge on any atom is -0.494 e. The molecule has 1 atom stereocenters. The summed E-state index contributed by atoms with van der Waals surface area (Å²) in [6.45, 7) is 6.71. The smallest absolute Gasteiger partial charge is 0.232 e. The molecule has 5 nitrogen and oxygen atoms in total. The van der Waals surface area contributed by atoms with Gasteiger partial charge < -0.3 is 4.74 Å². The van der Waals surface area contributed by atoms with Crippen LogP contribution in [0, 0.1) is 16.7 Å². The maximum atomic E-state index is 13.8. The summed E-state index contributed by atoms with van der Waals surface area (Å²) >= 11 is 1.59. The number of ketones is 1. The monoisotopic (exact) mass is 488 g/mol. The average Bonchev–Trinajstić information content (AvgIpc) is 2.98. The lowest BCUT2D eigenvalue weighted by atomic mass is 9.69. The fraction of sp³-hybridized carbons (Fsp3) is 0.483. The fourth-order valence-electron chi connectivity index (χ4n) is 5.90. The quantitative estimate of drug-likeness (QED) is 0.464. The van der Waals surface area contributed by atoms with Gasteiger partial charge in [0, 0.05) is 34.9 Å². The van der Waals surface area contributed by atoms with Crippen LogP contribution in [0.2, 0.25) is 0 Å². The van der Waals surface area contributed by atoms with Gasteiger partial charge in [-0.15, -0.1) is 11.3 Å². The molecule has 5 rings (SSSR count). The molecule has 2 aromatic rings. The van der Waals surface area contributed by atoms with Gasteiger partial charge >= 0.3 is 0 Å². The number of carbonyl (C=O) groups excluding carboxylic acids is 2. The third-order valence-electron chi connectivity index (χ3n) is 7.45. The van der Waals surface area contributed by atoms with Gasteiger partial charge in [0.15, 0.2) is 5.78 Å². The Balaban J connectivity index is 1.65. The number of anilines is 1. The van der Waals surface area contributed by atoms with Crippen LogP contribution in [0.3, 0.4) is 0 Å². The summed E-state index contributed by atoms with van der Waals surface area (Å²) in [6, 6.07) is 10.2. The van der Waals surface area contributed by atoms with Crippen LogP contribution in [0.1, 0.15) is 86.8 Å². The third kappa shape index (κ3) is 4.31. The summed E-state index contributed by atoms with van der Waals surface area (Å²) < 4.78 is 5.59. The van der Waals surface area contributed by atoms with Crippen LogP contribution in [-0.2, 0) is 22.4 Å². The van der Waals surface area contributed by atoms with Crippen LogP contribution >= 0.6 is 11.3 Å². The zero-order valence-electron chi connectivity index (χ0n) is 20.8. The van der Waals surface area contributed by atoms with E-state index in [0.29, 0.717) is 25.0 Å². The van der Waals surface area contributed by atoms with E-state index in [9.17, 15) is 14.9 Å². The molecule has 6 heteroatoms. The number of hydrogen-bond acceptors (Lipinski definition) is 5. The number of rotatable bonds is 4. The number of Topliss-reactive ketones (excluding diaryl/α,β-unsaturated/α-hetero) is 1. The lowest BCUT2D eigenvalue weighted by molar-refractivity contribution is -0.120. The molecule has 35 heavy (non-hydrogen) atoms. The first kappa shape index (κ1) is 23.8. The number of benzene rings is 1. The summed E-state index contributed by atoms with van der Waals surface area (Å²) in [7, 11) is 0. The molecular formula is C29H32N2O3S. The standard InChI is InChI=1S/C29H32N2O3S/c1-4-34-19-12-10-18(11-13-19)21-14-26(33)31(23-15-29(2,3)16-24(32)27(21)23)28-22(17-30)20-8-6-5-7-9-25(20)35-28/h10-13,21H,4-9,14-16H2,1-3H3/t21-/m0/s1. The minimum atomic E-state index is -0.267. The van der Waals surface area contributed by atoms with Crippen molar-refractivity contribution in [2.75, 3.05) is 11.5 Å². The topological polar surface area (TPSA) is 70.4 Å². The number of hydrogen-bond donors (Lipinski definition) is 0. The average molecular weight is 489 g/mol. The summed E-state index contributed by atoms with van der Waals surface area (Å²) in [6.07, 6.45) is 6.55. The van der Waals surface area contributed by atoms with E-state index in [-0.39, 0.29) is 29.4 Å². The molecule has 2 heterocycles. The van der Waals surface area contributed by atoms with Crippen molar-refractivity contribution in [2.24, 2.45) is 5.41 Å². The van der Waals surface area contributed by atoms with E-state index in [1.807, 2.05) is 31.2 Å². The van der Waals surface area contributed by atoms with Crippen molar-refractivity contribution in [1.82, 2.24) is 0 Å². The molecule has 3 aliphatic rings. The molecule has 0 spiro atoms. The molecule has 0 saturated carbocycles. The Morgan fingerprint density at radius 2 is 1.86 bits per heavy atom. The second-order valence-electron chi connectivity index (χ2n) is 10.6. The van der Waals surface area contributed by atoms with Crippen molar-refractivity contribution in [1.29, 1.82) is 5.26 Å². The van der Waals surface area contributed by atoms with Crippen LogP contribution in [-0.4, -0.2) is 18.3 Å². The zero-order valence-corrected chi connectivity index (χ0v) is 21.6. The van der Waals surface area contributed by atoms with Crippen molar-refractivity contribution < 1.29 is 14.3 Å². The molecular weight excluding hydrogens is 456 g/mol. The van der Waals surface area contributed by atoms with E-state index in [1.54, 1.807) is 16.2 Å². The van der Waals surface area contributed by atoms with Gasteiger partial charge in [0.2, 0.25) is 5.91 Å².